The summed E-state index contributed by atoms with van der Waals surface area (Å²) in [6.45, 7) is 4.58. The van der Waals surface area contributed by atoms with E-state index >= 15 is 0 Å². The van der Waals surface area contributed by atoms with Crippen molar-refractivity contribution in [1.29, 1.82) is 0 Å². The van der Waals surface area contributed by atoms with Crippen molar-refractivity contribution < 1.29 is 0 Å². The van der Waals surface area contributed by atoms with Crippen molar-refractivity contribution in [2.45, 2.75) is 39.5 Å². The van der Waals surface area contributed by atoms with Crippen molar-refractivity contribution in [3.8, 4) is 0 Å². The van der Waals surface area contributed by atoms with Crippen LogP contribution in [0, 0.1) is 5.41 Å². The number of hydrogen-bond donors (Lipinski definition) is 0. The van der Waals surface area contributed by atoms with Crippen molar-refractivity contribution >= 4 is 0 Å². The Morgan fingerprint density at radius 2 is 1.91 bits per heavy atom. The maximum Gasteiger partial charge on any atom is -0.0117 e. The Balaban J connectivity index is 2.68. The number of allylic oxidation sites excluding steroid dienone is 4. The standard InChI is InChI=1S/C11H18/c1-3-11(4-2)9-7-5-6-8-10-11/h5-7,9H,3-4,8,10H2,1-2H3. The minimum atomic E-state index is 0.503. The van der Waals surface area contributed by atoms with Gasteiger partial charge in [0.25, 0.3) is 0 Å². The average Bonchev–Trinajstić information content (AvgIpc) is 2.30. The van der Waals surface area contributed by atoms with Gasteiger partial charge in [-0.25, -0.2) is 0 Å². The summed E-state index contributed by atoms with van der Waals surface area (Å²) in [5.74, 6) is 0. The second-order valence-electron chi connectivity index (χ2n) is 3.40. The lowest BCUT2D eigenvalue weighted by atomic mass is 9.79. The molecule has 0 fully saturated rings. The molecule has 62 valence electrons. The van der Waals surface area contributed by atoms with Crippen LogP contribution in [0.1, 0.15) is 39.5 Å². The molecule has 0 aliphatic heterocycles. The molecule has 0 atom stereocenters. The van der Waals surface area contributed by atoms with E-state index in [4.69, 9.17) is 0 Å². The normalized spacial score (nSPS) is 21.6. The molecular formula is C11H18. The van der Waals surface area contributed by atoms with Crippen LogP contribution >= 0.6 is 0 Å². The summed E-state index contributed by atoms with van der Waals surface area (Å²) in [6, 6.07) is 0. The molecule has 1 rings (SSSR count). The van der Waals surface area contributed by atoms with Gasteiger partial charge in [0.2, 0.25) is 0 Å². The summed E-state index contributed by atoms with van der Waals surface area (Å²) in [7, 11) is 0. The van der Waals surface area contributed by atoms with Gasteiger partial charge in [-0.15, -0.1) is 0 Å². The first-order chi connectivity index (χ1) is 5.33. The largest absolute Gasteiger partial charge is 0.0845 e. The number of hydrogen-bond acceptors (Lipinski definition) is 0. The summed E-state index contributed by atoms with van der Waals surface area (Å²) >= 11 is 0. The van der Waals surface area contributed by atoms with Crippen LogP contribution in [0.3, 0.4) is 0 Å². The Morgan fingerprint density at radius 1 is 1.18 bits per heavy atom. The lowest BCUT2D eigenvalue weighted by molar-refractivity contribution is 0.328. The topological polar surface area (TPSA) is 0 Å². The molecule has 0 N–H and O–H groups in total. The lowest BCUT2D eigenvalue weighted by Crippen LogP contribution is -2.14. The first kappa shape index (κ1) is 8.58. The summed E-state index contributed by atoms with van der Waals surface area (Å²) in [6.07, 6.45) is 14.2. The van der Waals surface area contributed by atoms with Crippen LogP contribution in [0.4, 0.5) is 0 Å². The molecule has 0 heterocycles. The predicted octanol–water partition coefficient (Wildman–Crippen LogP) is 3.70. The zero-order valence-electron chi connectivity index (χ0n) is 7.64. The molecule has 0 spiro atoms. The van der Waals surface area contributed by atoms with E-state index in [1.165, 1.54) is 25.7 Å². The monoisotopic (exact) mass is 150 g/mol. The minimum Gasteiger partial charge on any atom is -0.0845 e. The van der Waals surface area contributed by atoms with E-state index in [0.29, 0.717) is 5.41 Å². The van der Waals surface area contributed by atoms with Crippen molar-refractivity contribution in [2.75, 3.05) is 0 Å². The van der Waals surface area contributed by atoms with Gasteiger partial charge in [0, 0.05) is 0 Å². The highest BCUT2D eigenvalue weighted by atomic mass is 14.3. The zero-order valence-corrected chi connectivity index (χ0v) is 7.64. The highest BCUT2D eigenvalue weighted by Crippen LogP contribution is 2.34. The van der Waals surface area contributed by atoms with Gasteiger partial charge in [0.1, 0.15) is 0 Å². The molecule has 0 heteroatoms. The fraction of sp³-hybridized carbons (Fsp3) is 0.636. The van der Waals surface area contributed by atoms with Crippen LogP contribution in [0.5, 0.6) is 0 Å². The third-order valence-electron chi connectivity index (χ3n) is 2.91. The molecule has 0 saturated carbocycles. The van der Waals surface area contributed by atoms with E-state index in [0.717, 1.165) is 0 Å². The minimum absolute atomic E-state index is 0.503. The zero-order chi connectivity index (χ0) is 8.16. The predicted molar refractivity (Wildman–Crippen MR) is 50.5 cm³/mol. The summed E-state index contributed by atoms with van der Waals surface area (Å²) in [5, 5.41) is 0. The second kappa shape index (κ2) is 3.75. The van der Waals surface area contributed by atoms with Gasteiger partial charge < -0.3 is 0 Å². The van der Waals surface area contributed by atoms with E-state index in [2.05, 4.69) is 38.2 Å². The fourth-order valence-electron chi connectivity index (χ4n) is 1.73. The molecular weight excluding hydrogens is 132 g/mol. The second-order valence-corrected chi connectivity index (χ2v) is 3.40. The van der Waals surface area contributed by atoms with Crippen molar-refractivity contribution in [3.05, 3.63) is 24.3 Å². The Morgan fingerprint density at radius 3 is 2.55 bits per heavy atom. The van der Waals surface area contributed by atoms with E-state index < -0.39 is 0 Å². The molecule has 0 nitrogen and oxygen atoms in total. The Kier molecular flexibility index (Phi) is 2.92. The highest BCUT2D eigenvalue weighted by Gasteiger charge is 2.21. The van der Waals surface area contributed by atoms with Crippen molar-refractivity contribution in [3.63, 3.8) is 0 Å². The third-order valence-corrected chi connectivity index (χ3v) is 2.91. The SMILES string of the molecule is CCC1(CC)C=CC=CCC1. The van der Waals surface area contributed by atoms with Gasteiger partial charge in [-0.2, -0.15) is 0 Å². The molecule has 0 unspecified atom stereocenters. The highest BCUT2D eigenvalue weighted by molar-refractivity contribution is 5.12. The van der Waals surface area contributed by atoms with Crippen LogP contribution in [0.2, 0.25) is 0 Å². The average molecular weight is 150 g/mol. The van der Waals surface area contributed by atoms with Crippen LogP contribution in [-0.2, 0) is 0 Å². The van der Waals surface area contributed by atoms with Crippen LogP contribution < -0.4 is 0 Å². The lowest BCUT2D eigenvalue weighted by Gasteiger charge is -2.26. The van der Waals surface area contributed by atoms with Crippen LogP contribution in [0.25, 0.3) is 0 Å². The third kappa shape index (κ3) is 1.95. The van der Waals surface area contributed by atoms with Gasteiger partial charge in [-0.05, 0) is 31.1 Å². The quantitative estimate of drug-likeness (QED) is 0.563. The molecule has 0 radical (unpaired) electrons. The van der Waals surface area contributed by atoms with E-state index in [1.807, 2.05) is 0 Å². The molecule has 0 saturated heterocycles. The molecule has 0 amide bonds. The summed E-state index contributed by atoms with van der Waals surface area (Å²) in [5.41, 5.74) is 0.503. The molecule has 11 heavy (non-hydrogen) atoms. The summed E-state index contributed by atoms with van der Waals surface area (Å²) < 4.78 is 0. The first-order valence-electron chi connectivity index (χ1n) is 4.67. The molecule has 0 bridgehead atoms. The molecule has 0 aromatic rings. The fourth-order valence-corrected chi connectivity index (χ4v) is 1.73. The van der Waals surface area contributed by atoms with Gasteiger partial charge in [0.15, 0.2) is 0 Å². The van der Waals surface area contributed by atoms with Gasteiger partial charge >= 0.3 is 0 Å². The Bertz CT molecular complexity index is 159. The smallest absolute Gasteiger partial charge is 0.0117 e. The van der Waals surface area contributed by atoms with Crippen molar-refractivity contribution in [1.82, 2.24) is 0 Å². The van der Waals surface area contributed by atoms with E-state index in [9.17, 15) is 0 Å². The Hall–Kier alpha value is -0.520. The van der Waals surface area contributed by atoms with Crippen LogP contribution in [0.15, 0.2) is 24.3 Å². The molecule has 1 aliphatic rings. The van der Waals surface area contributed by atoms with E-state index in [-0.39, 0.29) is 0 Å². The van der Waals surface area contributed by atoms with Gasteiger partial charge in [-0.1, -0.05) is 38.2 Å². The number of rotatable bonds is 2. The van der Waals surface area contributed by atoms with Gasteiger partial charge in [0.05, 0.1) is 0 Å². The molecule has 0 aromatic carbocycles. The van der Waals surface area contributed by atoms with Crippen LogP contribution in [-0.4, -0.2) is 0 Å². The van der Waals surface area contributed by atoms with E-state index in [1.54, 1.807) is 0 Å². The Labute approximate surface area is 70.0 Å². The molecule has 0 aromatic heterocycles. The summed E-state index contributed by atoms with van der Waals surface area (Å²) in [4.78, 5) is 0. The van der Waals surface area contributed by atoms with Gasteiger partial charge in [-0.3, -0.25) is 0 Å². The first-order valence-corrected chi connectivity index (χ1v) is 4.67. The maximum atomic E-state index is 2.39. The molecule has 1 aliphatic carbocycles. The maximum absolute atomic E-state index is 2.39. The van der Waals surface area contributed by atoms with Crippen molar-refractivity contribution in [2.24, 2.45) is 5.41 Å².